The summed E-state index contributed by atoms with van der Waals surface area (Å²) in [6, 6.07) is 3.54. The maximum Gasteiger partial charge on any atom is 0.240 e. The zero-order chi connectivity index (χ0) is 16.0. The van der Waals surface area contributed by atoms with Gasteiger partial charge in [-0.1, -0.05) is 13.8 Å². The standard InChI is InChI=1S/C15H26N2O3S/c1-4-12-9-14(16)13(5-2)15(10-12)21(19,20)17-8-6-7-11(3)18/h9-11,17-18H,4-8,16H2,1-3H3. The summed E-state index contributed by atoms with van der Waals surface area (Å²) >= 11 is 0. The summed E-state index contributed by atoms with van der Waals surface area (Å²) in [5.41, 5.74) is 8.08. The van der Waals surface area contributed by atoms with Crippen LogP contribution in [0.1, 0.15) is 44.7 Å². The molecule has 0 saturated heterocycles. The third-order valence-electron chi connectivity index (χ3n) is 3.45. The molecule has 0 aliphatic carbocycles. The van der Waals surface area contributed by atoms with E-state index < -0.39 is 16.1 Å². The molecule has 4 N–H and O–H groups in total. The second-order valence-corrected chi connectivity index (χ2v) is 6.99. The van der Waals surface area contributed by atoms with Gasteiger partial charge in [-0.05, 0) is 55.9 Å². The fraction of sp³-hybridized carbons (Fsp3) is 0.600. The molecule has 0 aliphatic heterocycles. The minimum Gasteiger partial charge on any atom is -0.398 e. The highest BCUT2D eigenvalue weighted by molar-refractivity contribution is 7.89. The fourth-order valence-electron chi connectivity index (χ4n) is 2.23. The van der Waals surface area contributed by atoms with Gasteiger partial charge in [-0.2, -0.15) is 0 Å². The molecule has 1 aromatic rings. The summed E-state index contributed by atoms with van der Waals surface area (Å²) in [7, 11) is -3.57. The van der Waals surface area contributed by atoms with Crippen molar-refractivity contribution in [3.8, 4) is 0 Å². The highest BCUT2D eigenvalue weighted by atomic mass is 32.2. The number of benzene rings is 1. The van der Waals surface area contributed by atoms with Crippen LogP contribution in [0.25, 0.3) is 0 Å². The Morgan fingerprint density at radius 3 is 2.48 bits per heavy atom. The molecule has 0 spiro atoms. The van der Waals surface area contributed by atoms with Crippen LogP contribution in [0.3, 0.4) is 0 Å². The number of hydrogen-bond acceptors (Lipinski definition) is 4. The Bertz CT molecular complexity index is 569. The summed E-state index contributed by atoms with van der Waals surface area (Å²) in [6.45, 7) is 5.86. The maximum atomic E-state index is 12.4. The summed E-state index contributed by atoms with van der Waals surface area (Å²) < 4.78 is 27.5. The van der Waals surface area contributed by atoms with Crippen LogP contribution in [-0.4, -0.2) is 26.2 Å². The van der Waals surface area contributed by atoms with Crippen molar-refractivity contribution in [3.05, 3.63) is 23.3 Å². The van der Waals surface area contributed by atoms with Crippen LogP contribution in [0.5, 0.6) is 0 Å². The minimum atomic E-state index is -3.57. The van der Waals surface area contributed by atoms with E-state index in [0.717, 1.165) is 12.0 Å². The van der Waals surface area contributed by atoms with E-state index in [0.29, 0.717) is 37.1 Å². The molecular formula is C15H26N2O3S. The number of rotatable bonds is 8. The van der Waals surface area contributed by atoms with Crippen LogP contribution in [-0.2, 0) is 22.9 Å². The summed E-state index contributed by atoms with van der Waals surface area (Å²) in [6.07, 6.45) is 2.06. The quantitative estimate of drug-likeness (QED) is 0.504. The van der Waals surface area contributed by atoms with Crippen molar-refractivity contribution in [1.29, 1.82) is 0 Å². The molecule has 0 radical (unpaired) electrons. The van der Waals surface area contributed by atoms with Crippen molar-refractivity contribution >= 4 is 15.7 Å². The Morgan fingerprint density at radius 1 is 1.29 bits per heavy atom. The van der Waals surface area contributed by atoms with E-state index >= 15 is 0 Å². The van der Waals surface area contributed by atoms with Gasteiger partial charge >= 0.3 is 0 Å². The van der Waals surface area contributed by atoms with Crippen molar-refractivity contribution in [1.82, 2.24) is 4.72 Å². The monoisotopic (exact) mass is 314 g/mol. The number of aryl methyl sites for hydroxylation is 1. The molecule has 0 aromatic heterocycles. The molecule has 0 bridgehead atoms. The Labute approximate surface area is 127 Å². The van der Waals surface area contributed by atoms with Gasteiger partial charge in [0.25, 0.3) is 0 Å². The van der Waals surface area contributed by atoms with Crippen molar-refractivity contribution in [2.24, 2.45) is 0 Å². The number of sulfonamides is 1. The summed E-state index contributed by atoms with van der Waals surface area (Å²) in [4.78, 5) is 0.277. The smallest absolute Gasteiger partial charge is 0.240 e. The van der Waals surface area contributed by atoms with E-state index in [1.54, 1.807) is 13.0 Å². The first kappa shape index (κ1) is 17.9. The maximum absolute atomic E-state index is 12.4. The molecule has 0 amide bonds. The van der Waals surface area contributed by atoms with Crippen LogP contribution in [0, 0.1) is 0 Å². The van der Waals surface area contributed by atoms with E-state index in [-0.39, 0.29) is 4.90 Å². The zero-order valence-electron chi connectivity index (χ0n) is 13.0. The van der Waals surface area contributed by atoms with Gasteiger partial charge in [0.05, 0.1) is 11.0 Å². The molecule has 21 heavy (non-hydrogen) atoms. The fourth-order valence-corrected chi connectivity index (χ4v) is 3.69. The van der Waals surface area contributed by atoms with E-state index in [4.69, 9.17) is 5.73 Å². The van der Waals surface area contributed by atoms with Crippen molar-refractivity contribution in [2.75, 3.05) is 12.3 Å². The van der Waals surface area contributed by atoms with E-state index in [1.807, 2.05) is 19.9 Å². The zero-order valence-corrected chi connectivity index (χ0v) is 13.8. The van der Waals surface area contributed by atoms with Gasteiger partial charge in [-0.3, -0.25) is 0 Å². The average molecular weight is 314 g/mol. The van der Waals surface area contributed by atoms with Gasteiger partial charge in [0.1, 0.15) is 0 Å². The molecule has 120 valence electrons. The van der Waals surface area contributed by atoms with Gasteiger partial charge in [0.15, 0.2) is 0 Å². The van der Waals surface area contributed by atoms with Crippen molar-refractivity contribution < 1.29 is 13.5 Å². The second kappa shape index (κ2) is 7.77. The SMILES string of the molecule is CCc1cc(N)c(CC)c(S(=O)(=O)NCCCC(C)O)c1. The van der Waals surface area contributed by atoms with E-state index in [1.165, 1.54) is 0 Å². The number of nitrogen functional groups attached to an aromatic ring is 1. The van der Waals surface area contributed by atoms with Gasteiger partial charge in [-0.15, -0.1) is 0 Å². The third-order valence-corrected chi connectivity index (χ3v) is 4.97. The van der Waals surface area contributed by atoms with Gasteiger partial charge in [0.2, 0.25) is 10.0 Å². The second-order valence-electron chi connectivity index (χ2n) is 5.26. The van der Waals surface area contributed by atoms with Gasteiger partial charge in [0, 0.05) is 12.2 Å². The third kappa shape index (κ3) is 4.98. The van der Waals surface area contributed by atoms with Gasteiger partial charge < -0.3 is 10.8 Å². The Morgan fingerprint density at radius 2 is 1.95 bits per heavy atom. The molecule has 0 heterocycles. The number of aliphatic hydroxyl groups is 1. The van der Waals surface area contributed by atoms with Crippen LogP contribution >= 0.6 is 0 Å². The highest BCUT2D eigenvalue weighted by Gasteiger charge is 2.20. The number of hydrogen-bond donors (Lipinski definition) is 3. The van der Waals surface area contributed by atoms with Crippen LogP contribution < -0.4 is 10.5 Å². The molecule has 0 saturated carbocycles. The first-order valence-electron chi connectivity index (χ1n) is 7.40. The summed E-state index contributed by atoms with van der Waals surface area (Å²) in [5, 5.41) is 9.19. The average Bonchev–Trinajstić information content (AvgIpc) is 2.42. The molecule has 5 nitrogen and oxygen atoms in total. The van der Waals surface area contributed by atoms with E-state index in [9.17, 15) is 13.5 Å². The lowest BCUT2D eigenvalue weighted by molar-refractivity contribution is 0.182. The largest absolute Gasteiger partial charge is 0.398 e. The van der Waals surface area contributed by atoms with Crippen LogP contribution in [0.15, 0.2) is 17.0 Å². The van der Waals surface area contributed by atoms with Crippen LogP contribution in [0.4, 0.5) is 5.69 Å². The van der Waals surface area contributed by atoms with Crippen molar-refractivity contribution in [3.63, 3.8) is 0 Å². The van der Waals surface area contributed by atoms with Crippen molar-refractivity contribution in [2.45, 2.75) is 57.5 Å². The molecule has 1 unspecified atom stereocenters. The first-order valence-corrected chi connectivity index (χ1v) is 8.89. The molecule has 1 atom stereocenters. The number of aliphatic hydroxyl groups excluding tert-OH is 1. The molecule has 0 fully saturated rings. The number of nitrogens with two attached hydrogens (primary N) is 1. The van der Waals surface area contributed by atoms with Crippen LogP contribution in [0.2, 0.25) is 0 Å². The predicted molar refractivity (Wildman–Crippen MR) is 85.7 cm³/mol. The Balaban J connectivity index is 2.98. The molecule has 1 rings (SSSR count). The number of anilines is 1. The lowest BCUT2D eigenvalue weighted by Crippen LogP contribution is -2.26. The number of nitrogens with one attached hydrogen (secondary N) is 1. The Kier molecular flexibility index (Phi) is 6.64. The Hall–Kier alpha value is -1.11. The molecule has 1 aromatic carbocycles. The molecule has 0 aliphatic rings. The predicted octanol–water partition coefficient (Wildman–Crippen LogP) is 1.83. The lowest BCUT2D eigenvalue weighted by Gasteiger charge is -2.14. The molecular weight excluding hydrogens is 288 g/mol. The highest BCUT2D eigenvalue weighted by Crippen LogP contribution is 2.25. The minimum absolute atomic E-state index is 0.277. The van der Waals surface area contributed by atoms with E-state index in [2.05, 4.69) is 4.72 Å². The normalized spacial score (nSPS) is 13.3. The topological polar surface area (TPSA) is 92.4 Å². The first-order chi connectivity index (χ1) is 9.81. The summed E-state index contributed by atoms with van der Waals surface area (Å²) in [5.74, 6) is 0. The lowest BCUT2D eigenvalue weighted by atomic mass is 10.1. The molecule has 6 heteroatoms. The van der Waals surface area contributed by atoms with Gasteiger partial charge in [-0.25, -0.2) is 13.1 Å².